The Morgan fingerprint density at radius 2 is 1.81 bits per heavy atom. The molecule has 0 atom stereocenters. The molecule has 0 amide bonds. The maximum Gasteiger partial charge on any atom is 0.435 e. The lowest BCUT2D eigenvalue weighted by Gasteiger charge is -2.08. The van der Waals surface area contributed by atoms with Crippen molar-refractivity contribution >= 4 is 15.9 Å². The summed E-state index contributed by atoms with van der Waals surface area (Å²) in [5.41, 5.74) is -2.47. The molecule has 0 bridgehead atoms. The van der Waals surface area contributed by atoms with Crippen molar-refractivity contribution in [2.45, 2.75) is 12.7 Å². The van der Waals surface area contributed by atoms with Crippen LogP contribution in [-0.4, -0.2) is 21.5 Å². The number of aliphatic hydroxyl groups is 1. The van der Waals surface area contributed by atoms with Crippen LogP contribution in [0.1, 0.15) is 5.69 Å². The second-order valence-corrected chi connectivity index (χ2v) is 4.95. The van der Waals surface area contributed by atoms with Crippen LogP contribution in [0.25, 0.3) is 11.1 Å². The third-order valence-corrected chi connectivity index (χ3v) is 3.30. The number of aromatic nitrogens is 2. The van der Waals surface area contributed by atoms with Gasteiger partial charge in [0.1, 0.15) is 0 Å². The highest BCUT2D eigenvalue weighted by Gasteiger charge is 2.38. The zero-order valence-electron chi connectivity index (χ0n) is 10.3. The number of aliphatic hydroxyl groups excluding tert-OH is 1. The van der Waals surface area contributed by atoms with Crippen LogP contribution in [0.4, 0.5) is 22.0 Å². The third-order valence-electron chi connectivity index (χ3n) is 2.68. The summed E-state index contributed by atoms with van der Waals surface area (Å²) in [5, 5.41) is 12.0. The maximum atomic E-state index is 13.9. The number of rotatable bonds is 3. The highest BCUT2D eigenvalue weighted by Crippen LogP contribution is 2.38. The van der Waals surface area contributed by atoms with E-state index in [9.17, 15) is 22.0 Å². The maximum absolute atomic E-state index is 13.9. The van der Waals surface area contributed by atoms with Crippen molar-refractivity contribution in [2.24, 2.45) is 0 Å². The molecule has 0 saturated heterocycles. The SMILES string of the molecule is OCCn1cc(-c2ccc(Br)c(F)c2F)c(C(F)(F)F)n1. The molecule has 0 aliphatic heterocycles. The van der Waals surface area contributed by atoms with Gasteiger partial charge in [0, 0.05) is 17.3 Å². The van der Waals surface area contributed by atoms with Crippen LogP contribution in [0, 0.1) is 11.6 Å². The summed E-state index contributed by atoms with van der Waals surface area (Å²) in [4.78, 5) is 0. The fraction of sp³-hybridized carbons (Fsp3) is 0.250. The quantitative estimate of drug-likeness (QED) is 0.662. The molecule has 0 radical (unpaired) electrons. The van der Waals surface area contributed by atoms with E-state index in [1.165, 1.54) is 0 Å². The standard InChI is InChI=1S/C12H8BrF5N2O/c13-8-2-1-6(9(14)10(8)15)7-5-20(3-4-21)19-11(7)12(16,17)18/h1-2,5,21H,3-4H2. The average molecular weight is 371 g/mol. The highest BCUT2D eigenvalue weighted by molar-refractivity contribution is 9.10. The van der Waals surface area contributed by atoms with Crippen LogP contribution >= 0.6 is 15.9 Å². The topological polar surface area (TPSA) is 38.0 Å². The lowest BCUT2D eigenvalue weighted by atomic mass is 10.1. The molecule has 0 saturated carbocycles. The Balaban J connectivity index is 2.65. The van der Waals surface area contributed by atoms with Crippen LogP contribution in [0.5, 0.6) is 0 Å². The van der Waals surface area contributed by atoms with E-state index < -0.39 is 41.2 Å². The molecular weight excluding hydrogens is 363 g/mol. The number of alkyl halides is 3. The van der Waals surface area contributed by atoms with E-state index in [2.05, 4.69) is 21.0 Å². The molecule has 2 aromatic rings. The van der Waals surface area contributed by atoms with Gasteiger partial charge in [-0.15, -0.1) is 0 Å². The number of benzene rings is 1. The number of hydrogen-bond donors (Lipinski definition) is 1. The smallest absolute Gasteiger partial charge is 0.394 e. The zero-order chi connectivity index (χ0) is 15.8. The Morgan fingerprint density at radius 3 is 2.38 bits per heavy atom. The molecule has 1 N–H and O–H groups in total. The van der Waals surface area contributed by atoms with Crippen molar-refractivity contribution in [3.8, 4) is 11.1 Å². The van der Waals surface area contributed by atoms with Gasteiger partial charge in [0.05, 0.1) is 17.6 Å². The van der Waals surface area contributed by atoms with Crippen molar-refractivity contribution in [3.63, 3.8) is 0 Å². The van der Waals surface area contributed by atoms with Gasteiger partial charge in [0.2, 0.25) is 0 Å². The first-order valence-electron chi connectivity index (χ1n) is 5.65. The second-order valence-electron chi connectivity index (χ2n) is 4.10. The van der Waals surface area contributed by atoms with Crippen molar-refractivity contribution in [1.29, 1.82) is 0 Å². The van der Waals surface area contributed by atoms with E-state index in [0.29, 0.717) is 0 Å². The summed E-state index contributed by atoms with van der Waals surface area (Å²) in [6, 6.07) is 2.13. The molecule has 3 nitrogen and oxygen atoms in total. The first-order chi connectivity index (χ1) is 9.75. The van der Waals surface area contributed by atoms with Crippen molar-refractivity contribution < 1.29 is 27.1 Å². The largest absolute Gasteiger partial charge is 0.435 e. The van der Waals surface area contributed by atoms with Crippen LogP contribution in [0.15, 0.2) is 22.8 Å². The lowest BCUT2D eigenvalue weighted by molar-refractivity contribution is -0.141. The fourth-order valence-corrected chi connectivity index (χ4v) is 2.08. The molecule has 21 heavy (non-hydrogen) atoms. The number of nitrogens with zero attached hydrogens (tertiary/aromatic N) is 2. The minimum absolute atomic E-state index is 0.191. The van der Waals surface area contributed by atoms with E-state index in [1.807, 2.05) is 0 Å². The Morgan fingerprint density at radius 1 is 1.14 bits per heavy atom. The Bertz CT molecular complexity index is 668. The van der Waals surface area contributed by atoms with Gasteiger partial charge >= 0.3 is 6.18 Å². The molecule has 0 spiro atoms. The van der Waals surface area contributed by atoms with E-state index in [1.54, 1.807) is 0 Å². The van der Waals surface area contributed by atoms with Gasteiger partial charge in [-0.2, -0.15) is 18.3 Å². The number of hydrogen-bond acceptors (Lipinski definition) is 2. The van der Waals surface area contributed by atoms with Crippen molar-refractivity contribution in [3.05, 3.63) is 40.1 Å². The molecule has 0 unspecified atom stereocenters. The van der Waals surface area contributed by atoms with Crippen LogP contribution in [0.3, 0.4) is 0 Å². The van der Waals surface area contributed by atoms with Crippen LogP contribution in [0.2, 0.25) is 0 Å². The molecule has 0 aliphatic carbocycles. The van der Waals surface area contributed by atoms with E-state index in [-0.39, 0.29) is 11.0 Å². The summed E-state index contributed by atoms with van der Waals surface area (Å²) in [5.74, 6) is -2.69. The highest BCUT2D eigenvalue weighted by atomic mass is 79.9. The van der Waals surface area contributed by atoms with Gasteiger partial charge in [0.25, 0.3) is 0 Å². The van der Waals surface area contributed by atoms with Gasteiger partial charge in [-0.05, 0) is 28.1 Å². The van der Waals surface area contributed by atoms with Crippen molar-refractivity contribution in [1.82, 2.24) is 9.78 Å². The molecule has 1 aromatic heterocycles. The summed E-state index contributed by atoms with van der Waals surface area (Å²) < 4.78 is 66.8. The minimum atomic E-state index is -4.83. The summed E-state index contributed by atoms with van der Waals surface area (Å²) >= 11 is 2.75. The van der Waals surface area contributed by atoms with Gasteiger partial charge in [0.15, 0.2) is 17.3 Å². The fourth-order valence-electron chi connectivity index (χ4n) is 1.78. The van der Waals surface area contributed by atoms with Crippen molar-refractivity contribution in [2.75, 3.05) is 6.61 Å². The second kappa shape index (κ2) is 5.72. The molecule has 1 aromatic carbocycles. The minimum Gasteiger partial charge on any atom is -0.394 e. The Hall–Kier alpha value is -1.48. The molecule has 9 heteroatoms. The van der Waals surface area contributed by atoms with Gasteiger partial charge in [-0.25, -0.2) is 8.78 Å². The normalized spacial score (nSPS) is 12.0. The van der Waals surface area contributed by atoms with E-state index in [4.69, 9.17) is 5.11 Å². The third kappa shape index (κ3) is 3.08. The predicted octanol–water partition coefficient (Wildman–Crippen LogP) is 3.60. The first kappa shape index (κ1) is 15.9. The lowest BCUT2D eigenvalue weighted by Crippen LogP contribution is -2.10. The zero-order valence-corrected chi connectivity index (χ0v) is 11.8. The molecule has 0 aliphatic rings. The summed E-state index contributed by atoms with van der Waals surface area (Å²) in [7, 11) is 0. The van der Waals surface area contributed by atoms with Gasteiger partial charge in [-0.1, -0.05) is 0 Å². The monoisotopic (exact) mass is 370 g/mol. The van der Waals surface area contributed by atoms with E-state index >= 15 is 0 Å². The van der Waals surface area contributed by atoms with Crippen LogP contribution < -0.4 is 0 Å². The molecule has 114 valence electrons. The predicted molar refractivity (Wildman–Crippen MR) is 67.4 cm³/mol. The van der Waals surface area contributed by atoms with E-state index in [0.717, 1.165) is 23.0 Å². The molecule has 2 rings (SSSR count). The molecular formula is C12H8BrF5N2O. The molecule has 1 heterocycles. The Kier molecular flexibility index (Phi) is 4.33. The Labute approximate surface area is 124 Å². The van der Waals surface area contributed by atoms with Crippen LogP contribution in [-0.2, 0) is 12.7 Å². The first-order valence-corrected chi connectivity index (χ1v) is 6.44. The molecule has 0 fully saturated rings. The summed E-state index contributed by atoms with van der Waals surface area (Å²) in [6.45, 7) is -0.626. The van der Waals surface area contributed by atoms with Gasteiger partial charge < -0.3 is 5.11 Å². The average Bonchev–Trinajstić information content (AvgIpc) is 2.80. The number of halogens is 6. The summed E-state index contributed by atoms with van der Waals surface area (Å²) in [6.07, 6.45) is -3.91. The van der Waals surface area contributed by atoms with Gasteiger partial charge in [-0.3, -0.25) is 4.68 Å².